The molecule has 0 amide bonds. The molecule has 1 rings (SSSR count). The van der Waals surface area contributed by atoms with Crippen LogP contribution in [0.2, 0.25) is 0 Å². The molecule has 0 aliphatic carbocycles. The summed E-state index contributed by atoms with van der Waals surface area (Å²) < 4.78 is 16.1. The van der Waals surface area contributed by atoms with Gasteiger partial charge in [0.1, 0.15) is 25.1 Å². The van der Waals surface area contributed by atoms with Gasteiger partial charge in [-0.2, -0.15) is 0 Å². The van der Waals surface area contributed by atoms with E-state index in [0.717, 1.165) is 24.8 Å². The van der Waals surface area contributed by atoms with Crippen LogP contribution in [0.4, 0.5) is 0 Å². The Morgan fingerprint density at radius 3 is 2.58 bits per heavy atom. The number of ether oxygens (including phenoxy) is 3. The first-order valence-corrected chi connectivity index (χ1v) is 8.29. The summed E-state index contributed by atoms with van der Waals surface area (Å²) >= 11 is 0. The summed E-state index contributed by atoms with van der Waals surface area (Å²) in [7, 11) is 1.57. The van der Waals surface area contributed by atoms with E-state index in [-0.39, 0.29) is 12.9 Å². The number of benzene rings is 1. The van der Waals surface area contributed by atoms with Crippen molar-refractivity contribution in [1.82, 2.24) is 0 Å². The van der Waals surface area contributed by atoms with Gasteiger partial charge in [-0.05, 0) is 12.0 Å². The highest BCUT2D eigenvalue weighted by Crippen LogP contribution is 2.08. The lowest BCUT2D eigenvalue weighted by molar-refractivity contribution is -0.0550. The van der Waals surface area contributed by atoms with Crippen molar-refractivity contribution in [2.75, 3.05) is 13.9 Å². The number of methoxy groups -OCH3 is 1. The molecule has 0 saturated heterocycles. The van der Waals surface area contributed by atoms with Gasteiger partial charge in [-0.25, -0.2) is 0 Å². The third-order valence-electron chi connectivity index (χ3n) is 3.43. The second-order valence-corrected chi connectivity index (χ2v) is 5.43. The van der Waals surface area contributed by atoms with E-state index >= 15 is 0 Å². The maximum atomic E-state index is 10.2. The summed E-state index contributed by atoms with van der Waals surface area (Å²) in [6, 6.07) is 9.78. The molecule has 0 radical (unpaired) electrons. The third-order valence-corrected chi connectivity index (χ3v) is 3.43. The van der Waals surface area contributed by atoms with E-state index in [1.54, 1.807) is 13.2 Å². The van der Waals surface area contributed by atoms with Gasteiger partial charge in [0.2, 0.25) is 0 Å². The molecule has 0 heterocycles. The fourth-order valence-electron chi connectivity index (χ4n) is 2.05. The first-order valence-electron chi connectivity index (χ1n) is 8.29. The highest BCUT2D eigenvalue weighted by atomic mass is 16.7. The fourth-order valence-corrected chi connectivity index (χ4v) is 2.05. The van der Waals surface area contributed by atoms with Crippen LogP contribution < -0.4 is 0 Å². The van der Waals surface area contributed by atoms with Gasteiger partial charge in [0.25, 0.3) is 0 Å². The minimum Gasteiger partial charge on any atom is -0.377 e. The quantitative estimate of drug-likeness (QED) is 0.384. The molecule has 0 aliphatic heterocycles. The number of aliphatic hydroxyl groups excluding tert-OH is 1. The predicted molar refractivity (Wildman–Crippen MR) is 95.3 cm³/mol. The average molecular weight is 332 g/mol. The van der Waals surface area contributed by atoms with Crippen molar-refractivity contribution in [2.24, 2.45) is 0 Å². The van der Waals surface area contributed by atoms with Gasteiger partial charge in [0, 0.05) is 7.11 Å². The average Bonchev–Trinajstić information content (AvgIpc) is 2.62. The van der Waals surface area contributed by atoms with E-state index in [1.807, 2.05) is 30.3 Å². The highest BCUT2D eigenvalue weighted by Gasteiger charge is 2.15. The first kappa shape index (κ1) is 20.4. The molecule has 1 aromatic rings. The second kappa shape index (κ2) is 12.7. The van der Waals surface area contributed by atoms with E-state index in [0.29, 0.717) is 6.61 Å². The van der Waals surface area contributed by atoms with Gasteiger partial charge in [-0.1, -0.05) is 68.0 Å². The van der Waals surface area contributed by atoms with E-state index in [1.165, 1.54) is 0 Å². The van der Waals surface area contributed by atoms with Gasteiger partial charge in [0.15, 0.2) is 0 Å². The minimum absolute atomic E-state index is 0.189. The van der Waals surface area contributed by atoms with Crippen molar-refractivity contribution < 1.29 is 19.3 Å². The van der Waals surface area contributed by atoms with E-state index in [4.69, 9.17) is 14.2 Å². The fraction of sp³-hybridized carbons (Fsp3) is 0.500. The molecule has 0 unspecified atom stereocenters. The first-order chi connectivity index (χ1) is 11.7. The lowest BCUT2D eigenvalue weighted by Crippen LogP contribution is -2.26. The van der Waals surface area contributed by atoms with Crippen LogP contribution in [0.1, 0.15) is 31.7 Å². The summed E-state index contributed by atoms with van der Waals surface area (Å²) in [6.07, 6.45) is 2.71. The monoisotopic (exact) mass is 332 g/mol. The van der Waals surface area contributed by atoms with Crippen LogP contribution in [0.5, 0.6) is 0 Å². The number of rotatable bonds is 11. The lowest BCUT2D eigenvalue weighted by atomic mass is 10.1. The highest BCUT2D eigenvalue weighted by molar-refractivity contribution is 5.15. The maximum Gasteiger partial charge on any atom is 0.148 e. The zero-order valence-corrected chi connectivity index (χ0v) is 14.6. The van der Waals surface area contributed by atoms with Crippen LogP contribution >= 0.6 is 0 Å². The smallest absolute Gasteiger partial charge is 0.148 e. The predicted octanol–water partition coefficient (Wildman–Crippen LogP) is 3.30. The Hall–Kier alpha value is -1.64. The molecular weight excluding hydrogens is 304 g/mol. The molecule has 0 aliphatic rings. The molecule has 0 bridgehead atoms. The zero-order chi connectivity index (χ0) is 17.6. The molecule has 0 aromatic heterocycles. The standard InChI is InChI=1S/C20H28O4/c1-4-6-12-18(24-16-22-3)13-14-19(21)20(5-2)23-15-17-10-8-7-9-11-17/h5,7-11,18-21H,2,4,6,12,15-16H2,1,3H3/t18-,19-,20-/m0/s1. The van der Waals surface area contributed by atoms with Crippen LogP contribution in [0.15, 0.2) is 43.0 Å². The van der Waals surface area contributed by atoms with E-state index < -0.39 is 12.2 Å². The Morgan fingerprint density at radius 1 is 1.21 bits per heavy atom. The van der Waals surface area contributed by atoms with Gasteiger partial charge >= 0.3 is 0 Å². The van der Waals surface area contributed by atoms with Crippen molar-refractivity contribution in [3.8, 4) is 11.8 Å². The molecule has 132 valence electrons. The summed E-state index contributed by atoms with van der Waals surface area (Å²) in [5, 5.41) is 10.2. The SMILES string of the molecule is C=C[C@H](OCc1ccccc1)[C@@H](O)C#C[C@H](CCCC)OCOC. The van der Waals surface area contributed by atoms with Crippen LogP contribution in [-0.4, -0.2) is 37.3 Å². The van der Waals surface area contributed by atoms with Crippen molar-refractivity contribution in [2.45, 2.75) is 51.1 Å². The number of aliphatic hydroxyl groups is 1. The Bertz CT molecular complexity index is 495. The van der Waals surface area contributed by atoms with Gasteiger partial charge in [-0.15, -0.1) is 6.58 Å². The van der Waals surface area contributed by atoms with E-state index in [2.05, 4.69) is 25.3 Å². The van der Waals surface area contributed by atoms with Crippen LogP contribution in [0.25, 0.3) is 0 Å². The van der Waals surface area contributed by atoms with Gasteiger partial charge in [-0.3, -0.25) is 0 Å². The Balaban J connectivity index is 2.57. The van der Waals surface area contributed by atoms with Crippen molar-refractivity contribution >= 4 is 0 Å². The van der Waals surface area contributed by atoms with Gasteiger partial charge < -0.3 is 19.3 Å². The number of hydrogen-bond donors (Lipinski definition) is 1. The Kier molecular flexibility index (Phi) is 10.8. The largest absolute Gasteiger partial charge is 0.377 e. The number of unbranched alkanes of at least 4 members (excludes halogenated alkanes) is 1. The molecule has 3 atom stereocenters. The third kappa shape index (κ3) is 8.28. The second-order valence-electron chi connectivity index (χ2n) is 5.43. The molecular formula is C20H28O4. The molecule has 24 heavy (non-hydrogen) atoms. The summed E-state index contributed by atoms with van der Waals surface area (Å²) in [4.78, 5) is 0. The van der Waals surface area contributed by atoms with Crippen molar-refractivity contribution in [1.29, 1.82) is 0 Å². The van der Waals surface area contributed by atoms with Crippen molar-refractivity contribution in [3.63, 3.8) is 0 Å². The Morgan fingerprint density at radius 2 is 1.96 bits per heavy atom. The van der Waals surface area contributed by atoms with Crippen LogP contribution in [0, 0.1) is 11.8 Å². The molecule has 0 saturated carbocycles. The molecule has 1 aromatic carbocycles. The molecule has 1 N–H and O–H groups in total. The van der Waals surface area contributed by atoms with Crippen molar-refractivity contribution in [3.05, 3.63) is 48.6 Å². The summed E-state index contributed by atoms with van der Waals surface area (Å²) in [5.41, 5.74) is 1.04. The molecule has 4 nitrogen and oxygen atoms in total. The summed E-state index contributed by atoms with van der Waals surface area (Å²) in [5.74, 6) is 5.79. The van der Waals surface area contributed by atoms with E-state index in [9.17, 15) is 5.11 Å². The lowest BCUT2D eigenvalue weighted by Gasteiger charge is -2.17. The topological polar surface area (TPSA) is 47.9 Å². The molecule has 0 fully saturated rings. The zero-order valence-electron chi connectivity index (χ0n) is 14.6. The normalized spacial score (nSPS) is 14.3. The van der Waals surface area contributed by atoms with Crippen LogP contribution in [-0.2, 0) is 20.8 Å². The Labute approximate surface area is 145 Å². The molecule has 4 heteroatoms. The maximum absolute atomic E-state index is 10.2. The van der Waals surface area contributed by atoms with Gasteiger partial charge in [0.05, 0.1) is 6.61 Å². The molecule has 0 spiro atoms. The van der Waals surface area contributed by atoms with Crippen LogP contribution in [0.3, 0.4) is 0 Å². The minimum atomic E-state index is -0.943. The number of hydrogen-bond acceptors (Lipinski definition) is 4. The summed E-state index contributed by atoms with van der Waals surface area (Å²) in [6.45, 7) is 6.42.